The molecule has 0 aliphatic rings. The number of amides is 2. The van der Waals surface area contributed by atoms with E-state index in [9.17, 15) is 22.8 Å². The molecule has 2 N–H and O–H groups in total. The Morgan fingerprint density at radius 2 is 1.87 bits per heavy atom. The van der Waals surface area contributed by atoms with Gasteiger partial charge in [0.2, 0.25) is 5.82 Å². The van der Waals surface area contributed by atoms with Crippen LogP contribution in [0.5, 0.6) is 0 Å². The lowest BCUT2D eigenvalue weighted by Gasteiger charge is -2.13. The normalized spacial score (nSPS) is 11.3. The molecule has 2 aromatic heterocycles. The summed E-state index contributed by atoms with van der Waals surface area (Å²) in [5, 5.41) is 8.27. The lowest BCUT2D eigenvalue weighted by molar-refractivity contribution is -0.289. The number of halogens is 6. The van der Waals surface area contributed by atoms with Crippen molar-refractivity contribution in [2.24, 2.45) is 0 Å². The summed E-state index contributed by atoms with van der Waals surface area (Å²) in [7, 11) is 1.35. The van der Waals surface area contributed by atoms with E-state index in [-0.39, 0.29) is 32.1 Å². The molecule has 31 heavy (non-hydrogen) atoms. The molecule has 0 atom stereocenters. The minimum absolute atomic E-state index is 0.0731. The van der Waals surface area contributed by atoms with Crippen molar-refractivity contribution in [1.29, 1.82) is 0 Å². The van der Waals surface area contributed by atoms with Crippen LogP contribution in [0, 0.1) is 11.6 Å². The van der Waals surface area contributed by atoms with Crippen molar-refractivity contribution < 1.29 is 34.4 Å². The molecule has 0 bridgehead atoms. The number of aromatic nitrogens is 3. The Kier molecular flexibility index (Phi) is 6.44. The summed E-state index contributed by atoms with van der Waals surface area (Å²) in [5.41, 5.74) is -2.08. The number of pyridine rings is 1. The molecule has 0 spiro atoms. The van der Waals surface area contributed by atoms with E-state index >= 15 is 0 Å². The zero-order valence-electron chi connectivity index (χ0n) is 15.4. The maximum atomic E-state index is 13.3. The summed E-state index contributed by atoms with van der Waals surface area (Å²) in [6, 6.07) is 5.98. The number of rotatable bonds is 4. The minimum Gasteiger partial charge on any atom is -0.355 e. The van der Waals surface area contributed by atoms with Gasteiger partial charge in [-0.05, 0) is 18.2 Å². The van der Waals surface area contributed by atoms with Crippen LogP contribution < -0.4 is 10.6 Å². The van der Waals surface area contributed by atoms with E-state index < -0.39 is 29.4 Å². The fourth-order valence-corrected chi connectivity index (χ4v) is 3.33. The first-order valence-corrected chi connectivity index (χ1v) is 9.51. The number of benzene rings is 1. The number of hydrogen-bond acceptors (Lipinski definition) is 4. The second-order valence-electron chi connectivity index (χ2n) is 5.99. The molecule has 0 unspecified atom stereocenters. The van der Waals surface area contributed by atoms with Crippen molar-refractivity contribution in [1.82, 2.24) is 20.1 Å². The molecule has 0 aliphatic carbocycles. The maximum absolute atomic E-state index is 13.3. The predicted molar refractivity (Wildman–Crippen MR) is 105 cm³/mol. The zero-order valence-corrected chi connectivity index (χ0v) is 17.7. The Bertz CT molecular complexity index is 1180. The Morgan fingerprint density at radius 1 is 1.16 bits per heavy atom. The minimum atomic E-state index is -4.83. The Morgan fingerprint density at radius 3 is 2.48 bits per heavy atom. The third-order valence-electron chi connectivity index (χ3n) is 3.95. The number of anilines is 1. The number of carbonyl (C=O) groups is 2. The van der Waals surface area contributed by atoms with Gasteiger partial charge in [-0.3, -0.25) is 9.59 Å². The van der Waals surface area contributed by atoms with Gasteiger partial charge in [-0.1, -0.05) is 23.2 Å². The molecule has 13 heteroatoms. The van der Waals surface area contributed by atoms with Crippen LogP contribution in [-0.2, 0) is 6.18 Å². The maximum Gasteiger partial charge on any atom is 0.435 e. The van der Waals surface area contributed by atoms with Crippen LogP contribution in [0.15, 0.2) is 36.5 Å². The summed E-state index contributed by atoms with van der Waals surface area (Å²) in [4.78, 5) is 29.0. The van der Waals surface area contributed by atoms with Gasteiger partial charge in [0.1, 0.15) is 5.69 Å². The van der Waals surface area contributed by atoms with E-state index in [2.05, 4.69) is 20.7 Å². The molecule has 2 amide bonds. The van der Waals surface area contributed by atoms with Gasteiger partial charge in [-0.2, -0.15) is 18.3 Å². The van der Waals surface area contributed by atoms with E-state index in [1.807, 2.05) is 0 Å². The van der Waals surface area contributed by atoms with Gasteiger partial charge in [0.25, 0.3) is 16.8 Å². The first-order valence-electron chi connectivity index (χ1n) is 8.35. The highest BCUT2D eigenvalue weighted by atomic mass is 35.5. The molecule has 0 fully saturated rings. The predicted octanol–water partition coefficient (Wildman–Crippen LogP) is 3.90. The number of carbonyl (C=O) groups excluding carboxylic acids is 2. The largest absolute Gasteiger partial charge is 0.435 e. The van der Waals surface area contributed by atoms with Gasteiger partial charge in [0.15, 0.2) is 17.3 Å². The Hall–Kier alpha value is -2.82. The first-order chi connectivity index (χ1) is 14.5. The molecule has 7 nitrogen and oxygen atoms in total. The summed E-state index contributed by atoms with van der Waals surface area (Å²) >= 11 is 17.1. The Balaban J connectivity index is 2.12. The quantitative estimate of drug-likeness (QED) is 0.577. The van der Waals surface area contributed by atoms with Crippen molar-refractivity contribution in [3.05, 3.63) is 68.5 Å². The van der Waals surface area contributed by atoms with Gasteiger partial charge in [0, 0.05) is 30.4 Å². The number of nitrogens with one attached hydrogen (secondary N) is 2. The van der Waals surface area contributed by atoms with Gasteiger partial charge in [0.05, 0.1) is 16.3 Å². The Labute approximate surface area is 188 Å². The molecular formula is C18H12Cl3F3N5O2+. The van der Waals surface area contributed by atoms with Gasteiger partial charge < -0.3 is 10.6 Å². The van der Waals surface area contributed by atoms with Crippen LogP contribution in [0.4, 0.5) is 18.9 Å². The second-order valence-corrected chi connectivity index (χ2v) is 7.28. The average Bonchev–Trinajstić information content (AvgIpc) is 3.15. The lowest BCUT2D eigenvalue weighted by Crippen LogP contribution is -2.23. The fraction of sp³-hybridized carbons (Fsp3) is 0.111. The molecule has 0 saturated carbocycles. The van der Waals surface area contributed by atoms with Crippen molar-refractivity contribution in [2.45, 2.75) is 6.18 Å². The highest BCUT2D eigenvalue weighted by Gasteiger charge is 2.37. The summed E-state index contributed by atoms with van der Waals surface area (Å²) in [5.74, 6) is -1.80. The van der Waals surface area contributed by atoms with E-state index in [4.69, 9.17) is 34.8 Å². The monoisotopic (exact) mass is 492 g/mol. The van der Waals surface area contributed by atoms with Crippen molar-refractivity contribution in [3.63, 3.8) is 0 Å². The molecule has 0 saturated heterocycles. The highest BCUT2D eigenvalue weighted by Crippen LogP contribution is 2.33. The average molecular weight is 494 g/mol. The van der Waals surface area contributed by atoms with Gasteiger partial charge >= 0.3 is 6.18 Å². The van der Waals surface area contributed by atoms with Crippen LogP contribution in [0.25, 0.3) is 5.82 Å². The van der Waals surface area contributed by atoms with Crippen LogP contribution in [0.1, 0.15) is 26.5 Å². The SMILES string of the molecule is CNC(=O)c1cc(Cl)cc(Cl)c1NC(=O)c1cc(C(F)(F)F)nn1-c1ncccc1[ClH+]. The number of alkyl halides is 3. The van der Waals surface area contributed by atoms with E-state index in [0.29, 0.717) is 10.7 Å². The third-order valence-corrected chi connectivity index (χ3v) is 4.78. The third kappa shape index (κ3) is 4.76. The molecule has 162 valence electrons. The molecule has 3 aromatic rings. The van der Waals surface area contributed by atoms with Crippen LogP contribution in [-0.4, -0.2) is 33.6 Å². The molecular weight excluding hydrogens is 482 g/mol. The summed E-state index contributed by atoms with van der Waals surface area (Å²) < 4.78 is 40.5. The standard InChI is InChI=1S/C18H11Cl3F3N5O2/c1-25-16(30)9-5-8(19)6-11(21)14(9)27-17(31)12-7-13(18(22,23)24)28-29(12)15-10(20)3-2-4-26-15/h2-7,20H,1H3,(H-,25,27,30,31)/p+1. The molecule has 1 aromatic carbocycles. The van der Waals surface area contributed by atoms with Gasteiger partial charge in [-0.25, -0.2) is 9.67 Å². The van der Waals surface area contributed by atoms with E-state index in [1.165, 1.54) is 37.5 Å². The van der Waals surface area contributed by atoms with Crippen LogP contribution in [0.2, 0.25) is 15.1 Å². The van der Waals surface area contributed by atoms with E-state index in [0.717, 1.165) is 0 Å². The van der Waals surface area contributed by atoms with Crippen molar-refractivity contribution >= 4 is 40.7 Å². The summed E-state index contributed by atoms with van der Waals surface area (Å²) in [6.07, 6.45) is -3.54. The molecule has 2 heterocycles. The number of hydrogen-bond donors (Lipinski definition) is 2. The van der Waals surface area contributed by atoms with Crippen LogP contribution >= 0.6 is 23.2 Å². The van der Waals surface area contributed by atoms with E-state index in [1.54, 1.807) is 0 Å². The molecule has 0 radical (unpaired) electrons. The van der Waals surface area contributed by atoms with Crippen molar-refractivity contribution in [3.8, 4) is 5.82 Å². The lowest BCUT2D eigenvalue weighted by atomic mass is 10.1. The topological polar surface area (TPSA) is 88.9 Å². The highest BCUT2D eigenvalue weighted by molar-refractivity contribution is 6.38. The molecule has 0 aliphatic heterocycles. The molecule has 3 rings (SSSR count). The summed E-state index contributed by atoms with van der Waals surface area (Å²) in [6.45, 7) is 0. The smallest absolute Gasteiger partial charge is 0.355 e. The second kappa shape index (κ2) is 8.74. The van der Waals surface area contributed by atoms with Crippen LogP contribution in [0.3, 0.4) is 0 Å². The fourth-order valence-electron chi connectivity index (χ4n) is 2.58. The van der Waals surface area contributed by atoms with Gasteiger partial charge in [-0.15, -0.1) is 0 Å². The first kappa shape index (κ1) is 22.9. The number of nitrogens with zero attached hydrogens (tertiary/aromatic N) is 3. The zero-order chi connectivity index (χ0) is 22.9. The van der Waals surface area contributed by atoms with Crippen molar-refractivity contribution in [2.75, 3.05) is 12.4 Å².